The molecule has 7 heteroatoms. The highest BCUT2D eigenvalue weighted by Gasteiger charge is 2.30. The Labute approximate surface area is 185 Å². The van der Waals surface area contributed by atoms with Crippen LogP contribution in [0, 0.1) is 6.92 Å². The normalized spacial score (nSPS) is 13.4. The average molecular weight is 441 g/mol. The molecule has 0 aliphatic rings. The molecule has 0 spiro atoms. The molecule has 0 aliphatic heterocycles. The second-order valence-electron chi connectivity index (χ2n) is 7.58. The van der Waals surface area contributed by atoms with Crippen molar-refractivity contribution >= 4 is 5.91 Å². The summed E-state index contributed by atoms with van der Waals surface area (Å²) in [6.07, 6.45) is -3.82. The fourth-order valence-electron chi connectivity index (χ4n) is 3.67. The van der Waals surface area contributed by atoms with Crippen LogP contribution < -0.4 is 10.6 Å². The van der Waals surface area contributed by atoms with E-state index in [1.165, 1.54) is 12.1 Å². The minimum Gasteiger partial charge on any atom is -0.358 e. The van der Waals surface area contributed by atoms with Gasteiger partial charge in [0.15, 0.2) is 0 Å². The fourth-order valence-corrected chi connectivity index (χ4v) is 3.67. The maximum atomic E-state index is 13.0. The van der Waals surface area contributed by atoms with Crippen molar-refractivity contribution in [2.24, 2.45) is 0 Å². The Morgan fingerprint density at radius 1 is 0.938 bits per heavy atom. The summed E-state index contributed by atoms with van der Waals surface area (Å²) in [6, 6.07) is 19.7. The number of aryl methyl sites for hydroxylation is 1. The Bertz CT molecular complexity index is 1020. The van der Waals surface area contributed by atoms with E-state index in [-0.39, 0.29) is 11.8 Å². The van der Waals surface area contributed by atoms with E-state index in [2.05, 4.69) is 15.6 Å². The highest BCUT2D eigenvalue weighted by molar-refractivity contribution is 5.82. The molecule has 2 N–H and O–H groups in total. The van der Waals surface area contributed by atoms with Gasteiger partial charge in [0.2, 0.25) is 5.91 Å². The molecule has 0 fully saturated rings. The third-order valence-electron chi connectivity index (χ3n) is 5.33. The van der Waals surface area contributed by atoms with Crippen molar-refractivity contribution in [3.05, 3.63) is 101 Å². The summed E-state index contributed by atoms with van der Waals surface area (Å²) in [5.74, 6) is -0.373. The minimum atomic E-state index is -4.38. The summed E-state index contributed by atoms with van der Waals surface area (Å²) >= 11 is 0. The number of hydrogen-bond acceptors (Lipinski definition) is 3. The van der Waals surface area contributed by atoms with Gasteiger partial charge in [0.05, 0.1) is 5.56 Å². The molecule has 2 atom stereocenters. The van der Waals surface area contributed by atoms with Crippen LogP contribution in [0.1, 0.15) is 46.5 Å². The molecule has 0 saturated carbocycles. The second kappa shape index (κ2) is 10.4. The molecule has 0 saturated heterocycles. The van der Waals surface area contributed by atoms with Crippen LogP contribution in [-0.4, -0.2) is 24.5 Å². The first kappa shape index (κ1) is 23.5. The summed E-state index contributed by atoms with van der Waals surface area (Å²) in [7, 11) is 1.58. The van der Waals surface area contributed by atoms with Gasteiger partial charge in [-0.05, 0) is 55.3 Å². The van der Waals surface area contributed by atoms with Crippen molar-refractivity contribution in [1.29, 1.82) is 0 Å². The predicted octanol–water partition coefficient (Wildman–Crippen LogP) is 5.01. The largest absolute Gasteiger partial charge is 0.416 e. The number of hydrogen-bond donors (Lipinski definition) is 2. The summed E-state index contributed by atoms with van der Waals surface area (Å²) in [5.41, 5.74) is 2.52. The lowest BCUT2D eigenvalue weighted by Gasteiger charge is -2.22. The Morgan fingerprint density at radius 3 is 2.22 bits per heavy atom. The standard InChI is InChI=1S/C25H26F3N3O/c1-17-7-6-10-22(31-17)21(18-11-13-20(14-12-18)25(26,27)28)15-16-30-23(24(32)29-2)19-8-4-3-5-9-19/h3-14,21,23,30H,15-16H2,1-2H3,(H,29,32)/t21-,23+/m0/s1. The topological polar surface area (TPSA) is 54.0 Å². The Morgan fingerprint density at radius 2 is 1.62 bits per heavy atom. The molecule has 32 heavy (non-hydrogen) atoms. The van der Waals surface area contributed by atoms with Gasteiger partial charge in [-0.3, -0.25) is 9.78 Å². The smallest absolute Gasteiger partial charge is 0.358 e. The van der Waals surface area contributed by atoms with Gasteiger partial charge in [-0.2, -0.15) is 13.2 Å². The fraction of sp³-hybridized carbons (Fsp3) is 0.280. The van der Waals surface area contributed by atoms with Gasteiger partial charge in [0, 0.05) is 24.4 Å². The van der Waals surface area contributed by atoms with Crippen molar-refractivity contribution < 1.29 is 18.0 Å². The van der Waals surface area contributed by atoms with E-state index in [0.29, 0.717) is 13.0 Å². The van der Waals surface area contributed by atoms with Gasteiger partial charge in [-0.15, -0.1) is 0 Å². The van der Waals surface area contributed by atoms with E-state index in [0.717, 1.165) is 34.6 Å². The first-order chi connectivity index (χ1) is 15.3. The minimum absolute atomic E-state index is 0.157. The maximum absolute atomic E-state index is 13.0. The second-order valence-corrected chi connectivity index (χ2v) is 7.58. The molecular weight excluding hydrogens is 415 g/mol. The summed E-state index contributed by atoms with van der Waals surface area (Å²) in [4.78, 5) is 17.0. The van der Waals surface area contributed by atoms with Crippen LogP contribution in [0.2, 0.25) is 0 Å². The van der Waals surface area contributed by atoms with Gasteiger partial charge >= 0.3 is 6.18 Å². The van der Waals surface area contributed by atoms with Crippen LogP contribution in [0.4, 0.5) is 13.2 Å². The Kier molecular flexibility index (Phi) is 7.64. The number of pyridine rings is 1. The van der Waals surface area contributed by atoms with Gasteiger partial charge < -0.3 is 10.6 Å². The molecule has 4 nitrogen and oxygen atoms in total. The molecule has 1 amide bonds. The summed E-state index contributed by atoms with van der Waals surface area (Å²) in [6.45, 7) is 2.34. The van der Waals surface area contributed by atoms with Crippen molar-refractivity contribution in [3.63, 3.8) is 0 Å². The molecule has 168 valence electrons. The highest BCUT2D eigenvalue weighted by atomic mass is 19.4. The number of aromatic nitrogens is 1. The van der Waals surface area contributed by atoms with Gasteiger partial charge in [0.1, 0.15) is 6.04 Å². The SMILES string of the molecule is CNC(=O)[C@H](NCC[C@@H](c1ccc(C(F)(F)F)cc1)c1cccc(C)n1)c1ccccc1. The van der Waals surface area contributed by atoms with Gasteiger partial charge in [-0.1, -0.05) is 48.5 Å². The number of halogens is 3. The number of carbonyl (C=O) groups excluding carboxylic acids is 1. The van der Waals surface area contributed by atoms with Crippen LogP contribution >= 0.6 is 0 Å². The van der Waals surface area contributed by atoms with Crippen LogP contribution in [0.5, 0.6) is 0 Å². The quantitative estimate of drug-likeness (QED) is 0.517. The maximum Gasteiger partial charge on any atom is 0.416 e. The zero-order valence-electron chi connectivity index (χ0n) is 18.0. The molecule has 1 aromatic heterocycles. The van der Waals surface area contributed by atoms with E-state index in [9.17, 15) is 18.0 Å². The Balaban J connectivity index is 1.82. The van der Waals surface area contributed by atoms with Crippen molar-refractivity contribution in [3.8, 4) is 0 Å². The molecule has 0 unspecified atom stereocenters. The average Bonchev–Trinajstić information content (AvgIpc) is 2.79. The van der Waals surface area contributed by atoms with Crippen LogP contribution in [0.25, 0.3) is 0 Å². The number of amides is 1. The molecular formula is C25H26F3N3O. The number of alkyl halides is 3. The number of rotatable bonds is 8. The molecule has 3 rings (SSSR count). The molecule has 0 bridgehead atoms. The first-order valence-electron chi connectivity index (χ1n) is 10.4. The van der Waals surface area contributed by atoms with Crippen LogP contribution in [0.3, 0.4) is 0 Å². The van der Waals surface area contributed by atoms with E-state index in [4.69, 9.17) is 0 Å². The van der Waals surface area contributed by atoms with E-state index >= 15 is 0 Å². The number of likely N-dealkylation sites (N-methyl/N-ethyl adjacent to an activating group) is 1. The highest BCUT2D eigenvalue weighted by Crippen LogP contribution is 2.32. The van der Waals surface area contributed by atoms with E-state index < -0.39 is 17.8 Å². The van der Waals surface area contributed by atoms with E-state index in [1.54, 1.807) is 7.05 Å². The van der Waals surface area contributed by atoms with Crippen molar-refractivity contribution in [2.75, 3.05) is 13.6 Å². The summed E-state index contributed by atoms with van der Waals surface area (Å²) in [5, 5.41) is 5.96. The lowest BCUT2D eigenvalue weighted by atomic mass is 9.91. The lowest BCUT2D eigenvalue weighted by molar-refractivity contribution is -0.137. The zero-order chi connectivity index (χ0) is 23.1. The third kappa shape index (κ3) is 5.95. The first-order valence-corrected chi connectivity index (χ1v) is 10.4. The molecule has 1 heterocycles. The lowest BCUT2D eigenvalue weighted by Crippen LogP contribution is -2.36. The van der Waals surface area contributed by atoms with Crippen LogP contribution in [-0.2, 0) is 11.0 Å². The van der Waals surface area contributed by atoms with Crippen molar-refractivity contribution in [2.45, 2.75) is 31.5 Å². The molecule has 0 aliphatic carbocycles. The number of benzene rings is 2. The Hall–Kier alpha value is -3.19. The molecule has 2 aromatic carbocycles. The van der Waals surface area contributed by atoms with Gasteiger partial charge in [0.25, 0.3) is 0 Å². The van der Waals surface area contributed by atoms with Crippen LogP contribution in [0.15, 0.2) is 72.8 Å². The molecule has 0 radical (unpaired) electrons. The third-order valence-corrected chi connectivity index (χ3v) is 5.33. The van der Waals surface area contributed by atoms with Crippen molar-refractivity contribution in [1.82, 2.24) is 15.6 Å². The number of nitrogens with one attached hydrogen (secondary N) is 2. The van der Waals surface area contributed by atoms with E-state index in [1.807, 2.05) is 55.5 Å². The van der Waals surface area contributed by atoms with Gasteiger partial charge in [-0.25, -0.2) is 0 Å². The predicted molar refractivity (Wildman–Crippen MR) is 118 cm³/mol. The monoisotopic (exact) mass is 441 g/mol. The zero-order valence-corrected chi connectivity index (χ0v) is 18.0. The summed E-state index contributed by atoms with van der Waals surface area (Å²) < 4.78 is 39.0. The number of nitrogens with zero attached hydrogens (tertiary/aromatic N) is 1. The number of carbonyl (C=O) groups is 1. The molecule has 3 aromatic rings.